The highest BCUT2D eigenvalue weighted by Crippen LogP contribution is 2.58. The highest BCUT2D eigenvalue weighted by molar-refractivity contribution is 14.1. The van der Waals surface area contributed by atoms with Crippen molar-refractivity contribution in [1.82, 2.24) is 0 Å². The summed E-state index contributed by atoms with van der Waals surface area (Å²) < 4.78 is 101. The van der Waals surface area contributed by atoms with Crippen molar-refractivity contribution in [1.29, 1.82) is 0 Å². The second-order valence-electron chi connectivity index (χ2n) is 8.39. The van der Waals surface area contributed by atoms with Gasteiger partial charge in [0.2, 0.25) is 0 Å². The molecule has 2 fully saturated rings. The molecule has 4 atom stereocenters. The molecule has 15 heteroatoms. The molecule has 34 heavy (non-hydrogen) atoms. The number of hydrogen-bond donors (Lipinski definition) is 1. The van der Waals surface area contributed by atoms with Gasteiger partial charge in [0.05, 0.1) is 18.9 Å². The summed E-state index contributed by atoms with van der Waals surface area (Å²) in [6, 6.07) is 3.46. The fourth-order valence-corrected chi connectivity index (χ4v) is 6.32. The number of carbonyl (C=O) groups is 2. The van der Waals surface area contributed by atoms with Crippen LogP contribution in [-0.2, 0) is 24.4 Å². The van der Waals surface area contributed by atoms with Gasteiger partial charge in [-0.25, -0.2) is 4.79 Å². The number of ether oxygens (including phenoxy) is 3. The van der Waals surface area contributed by atoms with Gasteiger partial charge >= 0.3 is 33.2 Å². The van der Waals surface area contributed by atoms with Gasteiger partial charge in [0.15, 0.2) is 0 Å². The third-order valence-corrected chi connectivity index (χ3v) is 10.4. The Bertz CT molecular complexity index is 1160. The van der Waals surface area contributed by atoms with Gasteiger partial charge in [0, 0.05) is 19.5 Å². The molecule has 2 bridgehead atoms. The van der Waals surface area contributed by atoms with Gasteiger partial charge in [-0.3, -0.25) is 9.35 Å². The molecule has 1 aromatic carbocycles. The van der Waals surface area contributed by atoms with Crippen molar-refractivity contribution in [2.45, 2.75) is 42.6 Å². The molecule has 0 radical (unpaired) electrons. The molecule has 8 nitrogen and oxygen atoms in total. The van der Waals surface area contributed by atoms with E-state index in [2.05, 4.69) is 22.6 Å². The molecule has 1 heterocycles. The third kappa shape index (κ3) is 4.16. The van der Waals surface area contributed by atoms with Gasteiger partial charge in [-0.1, -0.05) is 0 Å². The van der Waals surface area contributed by atoms with Crippen LogP contribution in [0.1, 0.15) is 36.0 Å². The van der Waals surface area contributed by atoms with E-state index in [1.807, 2.05) is 22.6 Å². The summed E-state index contributed by atoms with van der Waals surface area (Å²) in [7, 11) is -6.36. The molecular weight excluding hydrogens is 718 g/mol. The summed E-state index contributed by atoms with van der Waals surface area (Å²) in [5.41, 5.74) is 0.319. The van der Waals surface area contributed by atoms with Crippen LogP contribution in [0, 0.1) is 24.9 Å². The quantitative estimate of drug-likeness (QED) is 0.200. The number of rotatable bonds is 6. The summed E-state index contributed by atoms with van der Waals surface area (Å²) >= 11 is 4.10. The first-order valence-corrected chi connectivity index (χ1v) is 13.5. The topological polar surface area (TPSA) is 116 Å². The van der Waals surface area contributed by atoms with Gasteiger partial charge < -0.3 is 14.2 Å². The average Bonchev–Trinajstić information content (AvgIpc) is 3.27. The van der Waals surface area contributed by atoms with E-state index < -0.39 is 58.0 Å². The van der Waals surface area contributed by atoms with E-state index in [4.69, 9.17) is 18.8 Å². The number of carbonyl (C=O) groups excluding carboxylic acids is 2. The highest BCUT2D eigenvalue weighted by atomic mass is 127. The van der Waals surface area contributed by atoms with Crippen LogP contribution in [0.5, 0.6) is 5.75 Å². The fourth-order valence-electron chi connectivity index (χ4n) is 4.72. The van der Waals surface area contributed by atoms with Gasteiger partial charge in [0.25, 0.3) is 5.79 Å². The zero-order valence-electron chi connectivity index (χ0n) is 16.9. The Kier molecular flexibility index (Phi) is 6.58. The largest absolute Gasteiger partial charge is 0.465 e. The van der Waals surface area contributed by atoms with Crippen LogP contribution < -0.4 is 4.74 Å². The molecule has 1 N–H and O–H groups in total. The summed E-state index contributed by atoms with van der Waals surface area (Å²) in [6.45, 7) is -1.17. The van der Waals surface area contributed by atoms with Crippen molar-refractivity contribution in [2.24, 2.45) is 17.8 Å². The minimum atomic E-state index is -6.36. The zero-order valence-corrected chi connectivity index (χ0v) is 22.0. The molecule has 1 aromatic rings. The van der Waals surface area contributed by atoms with E-state index in [1.54, 1.807) is 12.1 Å². The fraction of sp³-hybridized carbons (Fsp3) is 0.579. The molecule has 4 unspecified atom stereocenters. The van der Waals surface area contributed by atoms with Crippen molar-refractivity contribution in [3.63, 3.8) is 0 Å². The molecule has 2 aliphatic carbocycles. The molecular formula is C19H16F4I2O8S. The Morgan fingerprint density at radius 1 is 1.21 bits per heavy atom. The van der Waals surface area contributed by atoms with E-state index in [0.717, 1.165) is 3.57 Å². The standard InChI is InChI=1S/C19H16F4I2O8S/c20-18(21,19(22,23)34(28,29)30)3-4-31-15(26)10-6-9-5-8(10)7-17(9)32-12-2-1-11(24)14(25)13(12)16(27)33-17/h1-2,8-10H,3-7H2,(H,28,29,30). The maximum atomic E-state index is 13.6. The van der Waals surface area contributed by atoms with E-state index in [0.29, 0.717) is 21.3 Å². The molecule has 4 rings (SSSR count). The Morgan fingerprint density at radius 3 is 2.47 bits per heavy atom. The summed E-state index contributed by atoms with van der Waals surface area (Å²) in [6.07, 6.45) is -1.01. The van der Waals surface area contributed by atoms with E-state index in [1.165, 1.54) is 0 Å². The summed E-state index contributed by atoms with van der Waals surface area (Å²) in [4.78, 5) is 25.1. The second-order valence-corrected chi connectivity index (χ2v) is 12.1. The highest BCUT2D eigenvalue weighted by Gasteiger charge is 2.66. The first-order chi connectivity index (χ1) is 15.6. The van der Waals surface area contributed by atoms with Crippen LogP contribution in [0.2, 0.25) is 0 Å². The van der Waals surface area contributed by atoms with Crippen LogP contribution in [0.25, 0.3) is 0 Å². The lowest BCUT2D eigenvalue weighted by atomic mass is 9.84. The van der Waals surface area contributed by atoms with Crippen LogP contribution in [0.3, 0.4) is 0 Å². The number of fused-ring (bicyclic) bond motifs is 4. The Balaban J connectivity index is 1.38. The molecule has 1 spiro atoms. The number of hydrogen-bond acceptors (Lipinski definition) is 7. The first-order valence-electron chi connectivity index (χ1n) is 9.89. The normalized spacial score (nSPS) is 28.4. The lowest BCUT2D eigenvalue weighted by Crippen LogP contribution is -2.50. The van der Waals surface area contributed by atoms with Crippen LogP contribution in [-0.4, -0.2) is 48.5 Å². The molecule has 0 saturated heterocycles. The van der Waals surface area contributed by atoms with Crippen molar-refractivity contribution in [3.8, 4) is 5.75 Å². The summed E-state index contributed by atoms with van der Waals surface area (Å²) in [5, 5.41) is -5.72. The molecule has 3 aliphatic rings. The maximum Gasteiger partial charge on any atom is 0.431 e. The van der Waals surface area contributed by atoms with Crippen molar-refractivity contribution >= 4 is 67.2 Å². The Morgan fingerprint density at radius 2 is 1.88 bits per heavy atom. The monoisotopic (exact) mass is 734 g/mol. The van der Waals surface area contributed by atoms with Crippen molar-refractivity contribution in [3.05, 3.63) is 24.8 Å². The molecule has 2 saturated carbocycles. The smallest absolute Gasteiger partial charge is 0.431 e. The van der Waals surface area contributed by atoms with E-state index in [9.17, 15) is 35.6 Å². The lowest BCUT2D eigenvalue weighted by Gasteiger charge is -2.41. The maximum absolute atomic E-state index is 13.6. The van der Waals surface area contributed by atoms with Gasteiger partial charge in [-0.05, 0) is 76.1 Å². The predicted molar refractivity (Wildman–Crippen MR) is 122 cm³/mol. The minimum Gasteiger partial charge on any atom is -0.465 e. The van der Waals surface area contributed by atoms with E-state index >= 15 is 0 Å². The SMILES string of the molecule is O=C1OC2(CC3CC2CC3C(=O)OCCC(F)(F)C(F)(F)S(=O)(=O)O)Oc2ccc(I)c(I)c21. The van der Waals surface area contributed by atoms with Crippen LogP contribution in [0.15, 0.2) is 12.1 Å². The van der Waals surface area contributed by atoms with Crippen molar-refractivity contribution in [2.75, 3.05) is 6.61 Å². The third-order valence-electron chi connectivity index (χ3n) is 6.39. The average molecular weight is 734 g/mol. The van der Waals surface area contributed by atoms with Crippen LogP contribution >= 0.6 is 45.2 Å². The van der Waals surface area contributed by atoms with E-state index in [-0.39, 0.29) is 24.7 Å². The van der Waals surface area contributed by atoms with Gasteiger partial charge in [0.1, 0.15) is 11.3 Å². The number of halogens is 6. The number of alkyl halides is 4. The Labute approximate surface area is 218 Å². The predicted octanol–water partition coefficient (Wildman–Crippen LogP) is 4.24. The molecule has 0 amide bonds. The number of benzene rings is 1. The first kappa shape index (κ1) is 26.1. The number of esters is 2. The zero-order chi connectivity index (χ0) is 25.3. The second kappa shape index (κ2) is 8.57. The molecule has 1 aliphatic heterocycles. The van der Waals surface area contributed by atoms with Gasteiger partial charge in [-0.2, -0.15) is 26.0 Å². The van der Waals surface area contributed by atoms with Crippen molar-refractivity contribution < 1.29 is 54.3 Å². The minimum absolute atomic E-state index is 0.169. The van der Waals surface area contributed by atoms with Crippen LogP contribution in [0.4, 0.5) is 17.6 Å². The lowest BCUT2D eigenvalue weighted by molar-refractivity contribution is -0.194. The molecule has 188 valence electrons. The van der Waals surface area contributed by atoms with Gasteiger partial charge in [-0.15, -0.1) is 0 Å². The Hall–Kier alpha value is -0.950. The molecule has 0 aromatic heterocycles. The summed E-state index contributed by atoms with van der Waals surface area (Å²) in [5.74, 6) is -8.94.